The number of aromatic amines is 1. The Labute approximate surface area is 210 Å². The number of hydrogen-bond acceptors (Lipinski definition) is 5. The summed E-state index contributed by atoms with van der Waals surface area (Å²) in [6.45, 7) is 5.89. The van der Waals surface area contributed by atoms with Crippen molar-refractivity contribution in [3.8, 4) is 22.5 Å². The molecule has 4 aromatic rings. The average molecular weight is 486 g/mol. The number of benzene rings is 3. The van der Waals surface area contributed by atoms with Crippen LogP contribution in [0.2, 0.25) is 0 Å². The second-order valence-corrected chi connectivity index (χ2v) is 9.73. The van der Waals surface area contributed by atoms with Crippen molar-refractivity contribution in [1.29, 1.82) is 0 Å². The van der Waals surface area contributed by atoms with Crippen LogP contribution in [0.3, 0.4) is 0 Å². The number of nitrogens with one attached hydrogen (secondary N) is 1. The number of unbranched alkanes of at least 4 members (excludes halogenated alkanes) is 1. The van der Waals surface area contributed by atoms with Crippen LogP contribution in [0, 0.1) is 5.41 Å². The molecule has 2 N–H and O–H groups in total. The van der Waals surface area contributed by atoms with Crippen LogP contribution >= 0.6 is 0 Å². The summed E-state index contributed by atoms with van der Waals surface area (Å²) < 4.78 is 0. The molecule has 0 spiro atoms. The first-order chi connectivity index (χ1) is 17.3. The monoisotopic (exact) mass is 485 g/mol. The first-order valence-corrected chi connectivity index (χ1v) is 12.2. The number of carboxylic acid groups (broad SMARTS) is 1. The maximum absolute atomic E-state index is 12.9. The van der Waals surface area contributed by atoms with Gasteiger partial charge in [0.15, 0.2) is 5.82 Å². The predicted molar refractivity (Wildman–Crippen MR) is 139 cm³/mol. The number of hydrogen-bond donors (Lipinski definition) is 2. The van der Waals surface area contributed by atoms with Gasteiger partial charge in [0.05, 0.1) is 5.41 Å². The number of carbonyl (C=O) groups excluding carboxylic acids is 1. The number of amides is 1. The average Bonchev–Trinajstić information content (AvgIpc) is 3.41. The molecule has 36 heavy (non-hydrogen) atoms. The number of rotatable bonds is 10. The molecule has 0 radical (unpaired) electrons. The van der Waals surface area contributed by atoms with Crippen LogP contribution in [0.4, 0.5) is 0 Å². The van der Waals surface area contributed by atoms with Crippen molar-refractivity contribution in [2.75, 3.05) is 6.54 Å². The molecule has 0 aliphatic heterocycles. The van der Waals surface area contributed by atoms with E-state index in [0.717, 1.165) is 45.9 Å². The number of aliphatic carboxylic acids is 1. The van der Waals surface area contributed by atoms with Crippen molar-refractivity contribution >= 4 is 22.6 Å². The zero-order chi connectivity index (χ0) is 25.7. The Bertz CT molecular complexity index is 1360. The molecule has 0 bridgehead atoms. The minimum Gasteiger partial charge on any atom is -0.481 e. The van der Waals surface area contributed by atoms with E-state index in [9.17, 15) is 14.7 Å². The highest BCUT2D eigenvalue weighted by molar-refractivity contribution is 5.91. The van der Waals surface area contributed by atoms with Crippen molar-refractivity contribution < 1.29 is 14.7 Å². The van der Waals surface area contributed by atoms with E-state index in [2.05, 4.69) is 44.9 Å². The Morgan fingerprint density at radius 1 is 1.00 bits per heavy atom. The highest BCUT2D eigenvalue weighted by Crippen LogP contribution is 2.32. The minimum atomic E-state index is -1.03. The number of H-pyrrole nitrogens is 1. The quantitative estimate of drug-likeness (QED) is 0.315. The maximum Gasteiger partial charge on any atom is 0.310 e. The summed E-state index contributed by atoms with van der Waals surface area (Å²) in [6, 6.07) is 20.3. The SMILES string of the molecule is CCCCC(=O)N(Cc1ccc2cc(-c3ccccc3-c3nnn[nH]3)ccc2c1)CC(C)(C)C(=O)O. The lowest BCUT2D eigenvalue weighted by atomic mass is 9.92. The lowest BCUT2D eigenvalue weighted by Gasteiger charge is -2.30. The van der Waals surface area contributed by atoms with E-state index >= 15 is 0 Å². The second-order valence-electron chi connectivity index (χ2n) is 9.73. The lowest BCUT2D eigenvalue weighted by Crippen LogP contribution is -2.42. The van der Waals surface area contributed by atoms with Crippen LogP contribution in [-0.2, 0) is 16.1 Å². The molecule has 4 rings (SSSR count). The fourth-order valence-electron chi connectivity index (χ4n) is 4.26. The first kappa shape index (κ1) is 25.0. The highest BCUT2D eigenvalue weighted by atomic mass is 16.4. The topological polar surface area (TPSA) is 112 Å². The van der Waals surface area contributed by atoms with Gasteiger partial charge in [0.25, 0.3) is 0 Å². The number of carboxylic acids is 1. The summed E-state index contributed by atoms with van der Waals surface area (Å²) >= 11 is 0. The Kier molecular flexibility index (Phi) is 7.43. The van der Waals surface area contributed by atoms with Crippen LogP contribution in [0.15, 0.2) is 60.7 Å². The zero-order valence-corrected chi connectivity index (χ0v) is 20.9. The molecule has 0 saturated carbocycles. The summed E-state index contributed by atoms with van der Waals surface area (Å²) in [5.74, 6) is -0.318. The van der Waals surface area contributed by atoms with E-state index in [4.69, 9.17) is 0 Å². The number of aromatic nitrogens is 4. The molecular weight excluding hydrogens is 454 g/mol. The number of tetrazole rings is 1. The van der Waals surface area contributed by atoms with Gasteiger partial charge < -0.3 is 10.0 Å². The van der Waals surface area contributed by atoms with E-state index in [1.54, 1.807) is 18.7 Å². The van der Waals surface area contributed by atoms with Gasteiger partial charge in [-0.2, -0.15) is 0 Å². The van der Waals surface area contributed by atoms with Gasteiger partial charge in [0, 0.05) is 25.1 Å². The number of nitrogens with zero attached hydrogens (tertiary/aromatic N) is 4. The fraction of sp³-hybridized carbons (Fsp3) is 0.321. The van der Waals surface area contributed by atoms with Crippen LogP contribution in [0.1, 0.15) is 45.6 Å². The zero-order valence-electron chi connectivity index (χ0n) is 20.9. The van der Waals surface area contributed by atoms with Crippen molar-refractivity contribution in [2.24, 2.45) is 5.41 Å². The van der Waals surface area contributed by atoms with E-state index in [1.807, 2.05) is 43.3 Å². The molecule has 8 heteroatoms. The van der Waals surface area contributed by atoms with E-state index in [0.29, 0.717) is 18.8 Å². The Hall–Kier alpha value is -4.07. The normalized spacial score (nSPS) is 11.5. The number of carbonyl (C=O) groups is 2. The Balaban J connectivity index is 1.62. The van der Waals surface area contributed by atoms with Gasteiger partial charge in [0.2, 0.25) is 5.91 Å². The molecular formula is C28H31N5O3. The molecule has 1 heterocycles. The van der Waals surface area contributed by atoms with Gasteiger partial charge in [-0.3, -0.25) is 9.59 Å². The van der Waals surface area contributed by atoms with Crippen molar-refractivity contribution in [2.45, 2.75) is 46.6 Å². The van der Waals surface area contributed by atoms with Crippen LogP contribution in [-0.4, -0.2) is 49.1 Å². The lowest BCUT2D eigenvalue weighted by molar-refractivity contribution is -0.149. The molecule has 3 aromatic carbocycles. The molecule has 1 aromatic heterocycles. The van der Waals surface area contributed by atoms with Gasteiger partial charge in [0.1, 0.15) is 0 Å². The van der Waals surface area contributed by atoms with Gasteiger partial charge in [-0.05, 0) is 70.3 Å². The largest absolute Gasteiger partial charge is 0.481 e. The summed E-state index contributed by atoms with van der Waals surface area (Å²) in [5, 5.41) is 26.0. The standard InChI is InChI=1S/C28H31N5O3/c1-4-5-10-25(34)33(18-28(2,3)27(35)36)17-19-11-12-21-16-22(14-13-20(21)15-19)23-8-6-7-9-24(23)26-29-31-32-30-26/h6-9,11-16H,4-5,10,17-18H2,1-3H3,(H,35,36)(H,29,30,31,32). The van der Waals surface area contributed by atoms with Gasteiger partial charge in [-0.1, -0.05) is 61.9 Å². The minimum absolute atomic E-state index is 0.0138. The molecule has 0 aliphatic rings. The summed E-state index contributed by atoms with van der Waals surface area (Å²) in [7, 11) is 0. The fourth-order valence-corrected chi connectivity index (χ4v) is 4.26. The molecule has 0 aliphatic carbocycles. The Morgan fingerprint density at radius 2 is 1.72 bits per heavy atom. The van der Waals surface area contributed by atoms with Crippen molar-refractivity contribution in [1.82, 2.24) is 25.5 Å². The molecule has 0 saturated heterocycles. The maximum atomic E-state index is 12.9. The summed E-state index contributed by atoms with van der Waals surface area (Å²) in [4.78, 5) is 26.3. The van der Waals surface area contributed by atoms with Crippen molar-refractivity contribution in [3.05, 3.63) is 66.2 Å². The Morgan fingerprint density at radius 3 is 2.42 bits per heavy atom. The first-order valence-electron chi connectivity index (χ1n) is 12.2. The van der Waals surface area contributed by atoms with Crippen LogP contribution < -0.4 is 0 Å². The second kappa shape index (κ2) is 10.7. The smallest absolute Gasteiger partial charge is 0.310 e. The number of fused-ring (bicyclic) bond motifs is 1. The van der Waals surface area contributed by atoms with Gasteiger partial charge in [-0.15, -0.1) is 5.10 Å². The predicted octanol–water partition coefficient (Wildman–Crippen LogP) is 5.32. The third-order valence-corrected chi connectivity index (χ3v) is 6.38. The van der Waals surface area contributed by atoms with E-state index < -0.39 is 11.4 Å². The van der Waals surface area contributed by atoms with E-state index in [-0.39, 0.29) is 12.5 Å². The third kappa shape index (κ3) is 5.59. The van der Waals surface area contributed by atoms with Crippen molar-refractivity contribution in [3.63, 3.8) is 0 Å². The molecule has 0 atom stereocenters. The third-order valence-electron chi connectivity index (χ3n) is 6.38. The summed E-state index contributed by atoms with van der Waals surface area (Å²) in [6.07, 6.45) is 2.12. The summed E-state index contributed by atoms with van der Waals surface area (Å²) in [5.41, 5.74) is 2.92. The van der Waals surface area contributed by atoms with Crippen LogP contribution in [0.5, 0.6) is 0 Å². The molecule has 1 amide bonds. The molecule has 186 valence electrons. The molecule has 8 nitrogen and oxygen atoms in total. The van der Waals surface area contributed by atoms with Gasteiger partial charge >= 0.3 is 5.97 Å². The van der Waals surface area contributed by atoms with Gasteiger partial charge in [-0.25, -0.2) is 5.10 Å². The molecule has 0 unspecified atom stereocenters. The van der Waals surface area contributed by atoms with E-state index in [1.165, 1.54) is 0 Å². The van der Waals surface area contributed by atoms with Crippen LogP contribution in [0.25, 0.3) is 33.3 Å². The molecule has 0 fully saturated rings. The highest BCUT2D eigenvalue weighted by Gasteiger charge is 2.31.